The summed E-state index contributed by atoms with van der Waals surface area (Å²) < 4.78 is 5.85. The summed E-state index contributed by atoms with van der Waals surface area (Å²) in [5, 5.41) is 0. The molecule has 0 aliphatic carbocycles. The molecule has 0 amide bonds. The number of hydrogen-bond acceptors (Lipinski definition) is 2. The van der Waals surface area contributed by atoms with Crippen LogP contribution in [0.2, 0.25) is 0 Å². The Bertz CT molecular complexity index is 360. The smallest absolute Gasteiger partial charge is 0.188 e. The third-order valence-corrected chi connectivity index (χ3v) is 8.98. The van der Waals surface area contributed by atoms with E-state index in [9.17, 15) is 4.89 Å². The molecule has 1 N–H and O–H groups in total. The molecular weight excluding hydrogens is 371 g/mol. The standard InChI is InChI=1S/C23H49O2PS/c1-5-7-9-11-13-14-16-18-20-23(19-17-15-12-10-8-6-2)21-25-26(24,27)22(3)4/h22-23H,5-21H2,1-4H3,(H,24,27). The van der Waals surface area contributed by atoms with Crippen LogP contribution in [0.1, 0.15) is 130 Å². The third-order valence-electron chi connectivity index (χ3n) is 5.58. The Kier molecular flexibility index (Phi) is 19.0. The lowest BCUT2D eigenvalue weighted by Gasteiger charge is -2.24. The van der Waals surface area contributed by atoms with E-state index >= 15 is 0 Å². The molecule has 0 aromatic rings. The van der Waals surface area contributed by atoms with Gasteiger partial charge in [0, 0.05) is 5.66 Å². The molecule has 0 aliphatic heterocycles. The Morgan fingerprint density at radius 3 is 1.44 bits per heavy atom. The minimum Gasteiger partial charge on any atom is -0.345 e. The average molecular weight is 421 g/mol. The molecule has 0 aliphatic rings. The highest BCUT2D eigenvalue weighted by atomic mass is 32.5. The first-order valence-electron chi connectivity index (χ1n) is 11.9. The molecule has 0 saturated heterocycles. The van der Waals surface area contributed by atoms with Gasteiger partial charge in [0.05, 0.1) is 6.61 Å². The highest BCUT2D eigenvalue weighted by Crippen LogP contribution is 2.48. The maximum absolute atomic E-state index is 10.3. The van der Waals surface area contributed by atoms with Gasteiger partial charge in [-0.3, -0.25) is 0 Å². The number of unbranched alkanes of at least 4 members (excludes halogenated alkanes) is 12. The highest BCUT2D eigenvalue weighted by Gasteiger charge is 2.21. The van der Waals surface area contributed by atoms with Gasteiger partial charge in [-0.2, -0.15) is 0 Å². The molecule has 4 heteroatoms. The van der Waals surface area contributed by atoms with Gasteiger partial charge in [-0.15, -0.1) is 0 Å². The van der Waals surface area contributed by atoms with Crippen molar-refractivity contribution in [2.45, 2.75) is 136 Å². The minimum absolute atomic E-state index is 0.0605. The Morgan fingerprint density at radius 2 is 1.07 bits per heavy atom. The maximum Gasteiger partial charge on any atom is 0.188 e. The molecule has 2 unspecified atom stereocenters. The number of hydrogen-bond donors (Lipinski definition) is 1. The summed E-state index contributed by atoms with van der Waals surface area (Å²) in [6.45, 7) is 6.56. The van der Waals surface area contributed by atoms with Crippen molar-refractivity contribution in [3.05, 3.63) is 0 Å². The second-order valence-corrected chi connectivity index (χ2v) is 12.6. The van der Waals surface area contributed by atoms with Crippen LogP contribution < -0.4 is 0 Å². The fourth-order valence-electron chi connectivity index (χ4n) is 3.45. The van der Waals surface area contributed by atoms with Crippen LogP contribution in [0.25, 0.3) is 0 Å². The van der Waals surface area contributed by atoms with Crippen molar-refractivity contribution in [3.63, 3.8) is 0 Å². The monoisotopic (exact) mass is 420 g/mol. The Morgan fingerprint density at radius 1 is 0.704 bits per heavy atom. The fraction of sp³-hybridized carbons (Fsp3) is 1.00. The van der Waals surface area contributed by atoms with Crippen LogP contribution in [0.4, 0.5) is 0 Å². The van der Waals surface area contributed by atoms with E-state index < -0.39 is 6.49 Å². The topological polar surface area (TPSA) is 29.5 Å². The van der Waals surface area contributed by atoms with Crippen molar-refractivity contribution in [1.82, 2.24) is 0 Å². The summed E-state index contributed by atoms with van der Waals surface area (Å²) in [6, 6.07) is 0. The van der Waals surface area contributed by atoms with Gasteiger partial charge < -0.3 is 9.42 Å². The van der Waals surface area contributed by atoms with E-state index in [1.165, 1.54) is 103 Å². The average Bonchev–Trinajstić information content (AvgIpc) is 2.63. The lowest BCUT2D eigenvalue weighted by molar-refractivity contribution is 0.219. The molecule has 164 valence electrons. The van der Waals surface area contributed by atoms with Crippen molar-refractivity contribution >= 4 is 18.3 Å². The van der Waals surface area contributed by atoms with E-state index in [0.717, 1.165) is 0 Å². The minimum atomic E-state index is -2.60. The van der Waals surface area contributed by atoms with Crippen LogP contribution in [-0.2, 0) is 16.3 Å². The molecule has 0 heterocycles. The van der Waals surface area contributed by atoms with Crippen molar-refractivity contribution < 1.29 is 9.42 Å². The van der Waals surface area contributed by atoms with E-state index in [0.29, 0.717) is 12.5 Å². The van der Waals surface area contributed by atoms with Crippen molar-refractivity contribution in [3.8, 4) is 0 Å². The lowest BCUT2D eigenvalue weighted by Crippen LogP contribution is -2.12. The third kappa shape index (κ3) is 17.2. The highest BCUT2D eigenvalue weighted by molar-refractivity contribution is 8.09. The SMILES string of the molecule is CCCCCCCCCCC(CCCCCCCC)COP(O)(=S)C(C)C. The van der Waals surface area contributed by atoms with Crippen molar-refractivity contribution in [2.24, 2.45) is 5.92 Å². The zero-order valence-electron chi connectivity index (χ0n) is 18.9. The van der Waals surface area contributed by atoms with Gasteiger partial charge in [0.2, 0.25) is 0 Å². The van der Waals surface area contributed by atoms with E-state index in [-0.39, 0.29) is 5.66 Å². The molecule has 0 fully saturated rings. The van der Waals surface area contributed by atoms with Gasteiger partial charge in [-0.25, -0.2) is 0 Å². The molecule has 0 rings (SSSR count). The molecule has 0 spiro atoms. The van der Waals surface area contributed by atoms with Gasteiger partial charge >= 0.3 is 0 Å². The van der Waals surface area contributed by atoms with Gasteiger partial charge in [-0.1, -0.05) is 118 Å². The summed E-state index contributed by atoms with van der Waals surface area (Å²) in [5.74, 6) is 0.574. The van der Waals surface area contributed by atoms with Gasteiger partial charge in [-0.05, 0) is 30.6 Å². The zero-order valence-corrected chi connectivity index (χ0v) is 20.6. The molecule has 0 aromatic carbocycles. The predicted molar refractivity (Wildman–Crippen MR) is 126 cm³/mol. The van der Waals surface area contributed by atoms with E-state index in [2.05, 4.69) is 13.8 Å². The van der Waals surface area contributed by atoms with Crippen LogP contribution in [0.15, 0.2) is 0 Å². The first kappa shape index (κ1) is 27.6. The lowest BCUT2D eigenvalue weighted by atomic mass is 9.95. The summed E-state index contributed by atoms with van der Waals surface area (Å²) in [6.07, 6.45) is 21.5. The van der Waals surface area contributed by atoms with Crippen molar-refractivity contribution in [1.29, 1.82) is 0 Å². The van der Waals surface area contributed by atoms with Crippen molar-refractivity contribution in [2.75, 3.05) is 6.61 Å². The Balaban J connectivity index is 4.06. The number of rotatable bonds is 20. The molecule has 0 bridgehead atoms. The summed E-state index contributed by atoms with van der Waals surface area (Å²) in [4.78, 5) is 10.3. The molecule has 0 radical (unpaired) electrons. The quantitative estimate of drug-likeness (QED) is 0.158. The summed E-state index contributed by atoms with van der Waals surface area (Å²) >= 11 is 5.32. The Labute approximate surface area is 176 Å². The Hall–Kier alpha value is 0.570. The largest absolute Gasteiger partial charge is 0.345 e. The van der Waals surface area contributed by atoms with E-state index in [4.69, 9.17) is 16.3 Å². The van der Waals surface area contributed by atoms with Crippen LogP contribution in [0.3, 0.4) is 0 Å². The zero-order chi connectivity index (χ0) is 20.4. The van der Waals surface area contributed by atoms with E-state index in [1.807, 2.05) is 13.8 Å². The molecule has 0 aromatic heterocycles. The molecule has 27 heavy (non-hydrogen) atoms. The molecule has 0 saturated carbocycles. The fourth-order valence-corrected chi connectivity index (χ4v) is 4.36. The van der Waals surface area contributed by atoms with E-state index in [1.54, 1.807) is 0 Å². The molecule has 2 atom stereocenters. The summed E-state index contributed by atoms with van der Waals surface area (Å²) in [7, 11) is 0. The first-order chi connectivity index (χ1) is 12.9. The van der Waals surface area contributed by atoms with Gasteiger partial charge in [0.1, 0.15) is 0 Å². The summed E-state index contributed by atoms with van der Waals surface area (Å²) in [5.41, 5.74) is 0.0605. The van der Waals surface area contributed by atoms with Crippen LogP contribution in [0, 0.1) is 5.92 Å². The second kappa shape index (κ2) is 18.6. The van der Waals surface area contributed by atoms with Crippen LogP contribution >= 0.6 is 6.49 Å². The maximum atomic E-state index is 10.3. The first-order valence-corrected chi connectivity index (χ1v) is 14.6. The normalized spacial score (nSPS) is 15.2. The van der Waals surface area contributed by atoms with Crippen LogP contribution in [-0.4, -0.2) is 17.2 Å². The molecule has 2 nitrogen and oxygen atoms in total. The predicted octanol–water partition coefficient (Wildman–Crippen LogP) is 8.61. The molecular formula is C23H49O2PS. The second-order valence-electron chi connectivity index (χ2n) is 8.64. The van der Waals surface area contributed by atoms with Crippen LogP contribution in [0.5, 0.6) is 0 Å². The van der Waals surface area contributed by atoms with Gasteiger partial charge in [0.15, 0.2) is 6.49 Å². The van der Waals surface area contributed by atoms with Gasteiger partial charge in [0.25, 0.3) is 0 Å².